The highest BCUT2D eigenvalue weighted by Crippen LogP contribution is 2.48. The smallest absolute Gasteiger partial charge is 0.416 e. The van der Waals surface area contributed by atoms with Crippen LogP contribution in [0.25, 0.3) is 16.9 Å². The van der Waals surface area contributed by atoms with Crippen LogP contribution in [0.3, 0.4) is 0 Å². The molecule has 5 rings (SSSR count). The maximum Gasteiger partial charge on any atom is 0.416 e. The van der Waals surface area contributed by atoms with Gasteiger partial charge in [0, 0.05) is 42.8 Å². The molecule has 176 valence electrons. The summed E-state index contributed by atoms with van der Waals surface area (Å²) in [4.78, 5) is 38.2. The van der Waals surface area contributed by atoms with Gasteiger partial charge in [0.25, 0.3) is 0 Å². The molecule has 2 aromatic carbocycles. The summed E-state index contributed by atoms with van der Waals surface area (Å²) in [5, 5.41) is 9.23. The summed E-state index contributed by atoms with van der Waals surface area (Å²) in [5.74, 6) is -0.705. The van der Waals surface area contributed by atoms with E-state index in [4.69, 9.17) is 4.74 Å². The van der Waals surface area contributed by atoms with Crippen molar-refractivity contribution in [2.75, 3.05) is 18.8 Å². The summed E-state index contributed by atoms with van der Waals surface area (Å²) < 4.78 is 45.9. The van der Waals surface area contributed by atoms with E-state index in [0.717, 1.165) is 12.1 Å². The Kier molecular flexibility index (Phi) is 5.23. The van der Waals surface area contributed by atoms with Crippen molar-refractivity contribution in [3.63, 3.8) is 0 Å². The van der Waals surface area contributed by atoms with Crippen LogP contribution in [0.15, 0.2) is 47.4 Å². The number of carbonyl (C=O) groups is 3. The number of hydrogen-bond acceptors (Lipinski definition) is 5. The molecule has 1 spiro atoms. The molecule has 0 unspecified atom stereocenters. The Balaban J connectivity index is 1.54. The van der Waals surface area contributed by atoms with E-state index in [1.807, 2.05) is 0 Å². The van der Waals surface area contributed by atoms with E-state index >= 15 is 0 Å². The second kappa shape index (κ2) is 7.90. The number of nitrogens with zero attached hydrogens (tertiary/aromatic N) is 1. The fourth-order valence-corrected chi connectivity index (χ4v) is 5.73. The second-order valence-corrected chi connectivity index (χ2v) is 9.48. The Hall–Kier alpha value is -3.27. The number of ether oxygens (including phenoxy) is 1. The van der Waals surface area contributed by atoms with Gasteiger partial charge in [-0.15, -0.1) is 11.8 Å². The number of carbonyl (C=O) groups excluding carboxylic acids is 2. The number of allylic oxidation sites excluding steroid dienone is 1. The van der Waals surface area contributed by atoms with Gasteiger partial charge in [-0.2, -0.15) is 13.2 Å². The van der Waals surface area contributed by atoms with Crippen molar-refractivity contribution in [3.05, 3.63) is 64.1 Å². The predicted octanol–water partition coefficient (Wildman–Crippen LogP) is 5.08. The predicted molar refractivity (Wildman–Crippen MR) is 118 cm³/mol. The van der Waals surface area contributed by atoms with Crippen LogP contribution in [-0.4, -0.2) is 52.1 Å². The SMILES string of the molecule is O=C1C(=O)c2ccc(-c3cccc(C(F)(F)F)c3)cc2C2=C1SCC1(CCN(C(=O)O)CC1)O2. The number of halogens is 3. The number of likely N-dealkylation sites (tertiary alicyclic amines) is 1. The minimum Gasteiger partial charge on any atom is -0.484 e. The molecule has 34 heavy (non-hydrogen) atoms. The lowest BCUT2D eigenvalue weighted by Crippen LogP contribution is -2.50. The number of rotatable bonds is 1. The van der Waals surface area contributed by atoms with Gasteiger partial charge < -0.3 is 14.7 Å². The molecule has 0 radical (unpaired) electrons. The summed E-state index contributed by atoms with van der Waals surface area (Å²) in [7, 11) is 0. The van der Waals surface area contributed by atoms with Gasteiger partial charge in [-0.1, -0.05) is 18.2 Å². The number of amides is 1. The second-order valence-electron chi connectivity index (χ2n) is 8.50. The topological polar surface area (TPSA) is 83.9 Å². The zero-order chi connectivity index (χ0) is 24.3. The Bertz CT molecular complexity index is 1260. The van der Waals surface area contributed by atoms with Gasteiger partial charge in [0.15, 0.2) is 0 Å². The van der Waals surface area contributed by atoms with Crippen molar-refractivity contribution in [1.29, 1.82) is 0 Å². The molecule has 3 aliphatic rings. The number of ketones is 2. The highest BCUT2D eigenvalue weighted by atomic mass is 32.2. The van der Waals surface area contributed by atoms with Gasteiger partial charge >= 0.3 is 12.3 Å². The van der Waals surface area contributed by atoms with Crippen LogP contribution in [0, 0.1) is 0 Å². The molecule has 1 amide bonds. The lowest BCUT2D eigenvalue weighted by molar-refractivity contribution is -0.137. The number of piperidine rings is 1. The molecule has 10 heteroatoms. The van der Waals surface area contributed by atoms with Gasteiger partial charge in [0.2, 0.25) is 11.6 Å². The molecule has 1 N–H and O–H groups in total. The first-order valence-corrected chi connectivity index (χ1v) is 11.5. The highest BCUT2D eigenvalue weighted by Gasteiger charge is 2.46. The zero-order valence-corrected chi connectivity index (χ0v) is 18.5. The van der Waals surface area contributed by atoms with E-state index in [1.165, 1.54) is 34.9 Å². The average molecular weight is 489 g/mol. The van der Waals surface area contributed by atoms with Crippen molar-refractivity contribution in [1.82, 2.24) is 4.90 Å². The first-order valence-electron chi connectivity index (χ1n) is 10.5. The van der Waals surface area contributed by atoms with E-state index in [0.29, 0.717) is 35.3 Å². The zero-order valence-electron chi connectivity index (χ0n) is 17.6. The first-order chi connectivity index (χ1) is 16.1. The monoisotopic (exact) mass is 489 g/mol. The minimum absolute atomic E-state index is 0.139. The quantitative estimate of drug-likeness (QED) is 0.563. The third-order valence-corrected chi connectivity index (χ3v) is 7.72. The van der Waals surface area contributed by atoms with Crippen LogP contribution in [0.2, 0.25) is 0 Å². The standard InChI is InChI=1S/C24H18F3NO5S/c25-24(26,27)15-3-1-2-13(10-15)14-4-5-16-17(11-14)20-21(19(30)18(16)29)34-12-23(33-20)6-8-28(9-7-23)22(31)32/h1-5,10-11H,6-9,12H2,(H,31,32). The van der Waals surface area contributed by atoms with Crippen LogP contribution < -0.4 is 0 Å². The lowest BCUT2D eigenvalue weighted by atomic mass is 9.88. The van der Waals surface area contributed by atoms with Crippen LogP contribution >= 0.6 is 11.8 Å². The number of alkyl halides is 3. The summed E-state index contributed by atoms with van der Waals surface area (Å²) in [6, 6.07) is 9.41. The Morgan fingerprint density at radius 1 is 1.00 bits per heavy atom. The molecule has 2 heterocycles. The third kappa shape index (κ3) is 3.75. The summed E-state index contributed by atoms with van der Waals surface area (Å²) in [6.45, 7) is 0.561. The molecule has 0 bridgehead atoms. The number of fused-ring (bicyclic) bond motifs is 2. The first kappa shape index (κ1) is 22.5. The van der Waals surface area contributed by atoms with Crippen LogP contribution in [-0.2, 0) is 15.7 Å². The van der Waals surface area contributed by atoms with Crippen molar-refractivity contribution in [2.45, 2.75) is 24.6 Å². The molecular formula is C24H18F3NO5S. The number of benzene rings is 2. The largest absolute Gasteiger partial charge is 0.484 e. The fourth-order valence-electron chi connectivity index (χ4n) is 4.47. The Labute approximate surface area is 196 Å². The number of carboxylic acid groups (broad SMARTS) is 1. The van der Waals surface area contributed by atoms with Gasteiger partial charge in [-0.3, -0.25) is 9.59 Å². The maximum absolute atomic E-state index is 13.2. The van der Waals surface area contributed by atoms with Crippen molar-refractivity contribution < 1.29 is 37.4 Å². The Morgan fingerprint density at radius 3 is 2.38 bits per heavy atom. The summed E-state index contributed by atoms with van der Waals surface area (Å²) in [5.41, 5.74) is -0.214. The number of Topliss-reactive ketones (excluding diaryl/α,β-unsaturated/α-hetero) is 2. The van der Waals surface area contributed by atoms with Gasteiger partial charge in [-0.25, -0.2) is 4.79 Å². The van der Waals surface area contributed by atoms with E-state index in [1.54, 1.807) is 12.1 Å². The van der Waals surface area contributed by atoms with Crippen molar-refractivity contribution in [3.8, 4) is 11.1 Å². The van der Waals surface area contributed by atoms with E-state index in [9.17, 15) is 32.7 Å². The number of hydrogen-bond donors (Lipinski definition) is 1. The molecule has 0 atom stereocenters. The van der Waals surface area contributed by atoms with Crippen LogP contribution in [0.5, 0.6) is 0 Å². The number of thioether (sulfide) groups is 1. The highest BCUT2D eigenvalue weighted by molar-refractivity contribution is 8.04. The molecule has 6 nitrogen and oxygen atoms in total. The van der Waals surface area contributed by atoms with Crippen molar-refractivity contribution >= 4 is 35.2 Å². The summed E-state index contributed by atoms with van der Waals surface area (Å²) >= 11 is 1.21. The van der Waals surface area contributed by atoms with E-state index < -0.39 is 35.0 Å². The molecule has 1 aliphatic carbocycles. The Morgan fingerprint density at radius 2 is 1.71 bits per heavy atom. The van der Waals surface area contributed by atoms with Crippen molar-refractivity contribution in [2.24, 2.45) is 0 Å². The molecule has 2 aliphatic heterocycles. The van der Waals surface area contributed by atoms with Gasteiger partial charge in [0.1, 0.15) is 16.3 Å². The third-order valence-electron chi connectivity index (χ3n) is 6.39. The average Bonchev–Trinajstić information content (AvgIpc) is 2.82. The van der Waals surface area contributed by atoms with Crippen LogP contribution in [0.4, 0.5) is 18.0 Å². The summed E-state index contributed by atoms with van der Waals surface area (Å²) in [6.07, 6.45) is -4.66. The van der Waals surface area contributed by atoms with E-state index in [2.05, 4.69) is 0 Å². The van der Waals surface area contributed by atoms with Crippen LogP contribution in [0.1, 0.15) is 34.3 Å². The minimum atomic E-state index is -4.50. The molecule has 2 aromatic rings. The lowest BCUT2D eigenvalue weighted by Gasteiger charge is -2.44. The maximum atomic E-state index is 13.2. The molecule has 1 saturated heterocycles. The molecular weight excluding hydrogens is 471 g/mol. The van der Waals surface area contributed by atoms with E-state index in [-0.39, 0.29) is 29.3 Å². The molecule has 0 saturated carbocycles. The normalized spacial score (nSPS) is 19.6. The fraction of sp³-hybridized carbons (Fsp3) is 0.292. The molecule has 0 aromatic heterocycles. The van der Waals surface area contributed by atoms with Gasteiger partial charge in [-0.05, 0) is 35.4 Å². The van der Waals surface area contributed by atoms with Gasteiger partial charge in [0.05, 0.1) is 5.56 Å². The molecule has 1 fully saturated rings.